The van der Waals surface area contributed by atoms with Gasteiger partial charge in [0.25, 0.3) is 0 Å². The van der Waals surface area contributed by atoms with Crippen molar-refractivity contribution in [3.63, 3.8) is 0 Å². The molecule has 1 N–H and O–H groups in total. The van der Waals surface area contributed by atoms with Crippen LogP contribution in [0.15, 0.2) is 48.5 Å². The Bertz CT molecular complexity index is 910. The Morgan fingerprint density at radius 3 is 2.71 bits per heavy atom. The molecule has 0 aromatic heterocycles. The zero-order chi connectivity index (χ0) is 19.5. The highest BCUT2D eigenvalue weighted by Gasteiger charge is 2.35. The predicted molar refractivity (Wildman–Crippen MR) is 103 cm³/mol. The molecule has 1 aliphatic carbocycles. The molecule has 0 spiro atoms. The van der Waals surface area contributed by atoms with Gasteiger partial charge in [0.1, 0.15) is 6.61 Å². The third-order valence-corrected chi connectivity index (χ3v) is 5.38. The van der Waals surface area contributed by atoms with Crippen LogP contribution in [0.1, 0.15) is 45.9 Å². The molecule has 0 radical (unpaired) electrons. The summed E-state index contributed by atoms with van der Waals surface area (Å²) in [6.45, 7) is 0.944. The van der Waals surface area contributed by atoms with E-state index in [9.17, 15) is 14.4 Å². The summed E-state index contributed by atoms with van der Waals surface area (Å²) in [6, 6.07) is 15.2. The summed E-state index contributed by atoms with van der Waals surface area (Å²) >= 11 is 0. The van der Waals surface area contributed by atoms with Gasteiger partial charge in [-0.25, -0.2) is 4.79 Å². The first-order valence-corrected chi connectivity index (χ1v) is 9.51. The van der Waals surface area contributed by atoms with Crippen LogP contribution >= 0.6 is 0 Å². The maximum Gasteiger partial charge on any atom is 0.414 e. The van der Waals surface area contributed by atoms with Crippen LogP contribution in [-0.4, -0.2) is 35.8 Å². The van der Waals surface area contributed by atoms with Crippen molar-refractivity contribution in [3.05, 3.63) is 70.8 Å². The number of carbonyl (C=O) groups excluding carboxylic acids is 3. The quantitative estimate of drug-likeness (QED) is 0.885. The maximum absolute atomic E-state index is 12.4. The minimum atomic E-state index is -0.745. The first kappa shape index (κ1) is 18.4. The highest BCUT2D eigenvalue weighted by Crippen LogP contribution is 2.39. The number of hydrogen-bond donors (Lipinski definition) is 1. The van der Waals surface area contributed by atoms with E-state index in [2.05, 4.69) is 16.3 Å². The van der Waals surface area contributed by atoms with Gasteiger partial charge in [0.15, 0.2) is 5.78 Å². The van der Waals surface area contributed by atoms with Gasteiger partial charge in [0.05, 0.1) is 6.54 Å². The van der Waals surface area contributed by atoms with Crippen molar-refractivity contribution >= 4 is 17.8 Å². The molecule has 0 saturated heterocycles. The van der Waals surface area contributed by atoms with Crippen LogP contribution in [-0.2, 0) is 22.6 Å². The largest absolute Gasteiger partial charge is 0.444 e. The number of imide groups is 1. The monoisotopic (exact) mass is 378 g/mol. The van der Waals surface area contributed by atoms with Crippen molar-refractivity contribution in [1.29, 1.82) is 0 Å². The Labute approximate surface area is 163 Å². The summed E-state index contributed by atoms with van der Waals surface area (Å²) in [5.74, 6) is -0.222. The van der Waals surface area contributed by atoms with Crippen LogP contribution in [0.5, 0.6) is 0 Å². The molecule has 6 heteroatoms. The third kappa shape index (κ3) is 3.82. The van der Waals surface area contributed by atoms with Gasteiger partial charge in [-0.1, -0.05) is 48.5 Å². The Kier molecular flexibility index (Phi) is 5.21. The first-order valence-electron chi connectivity index (χ1n) is 9.51. The molecule has 0 bridgehead atoms. The summed E-state index contributed by atoms with van der Waals surface area (Å²) in [7, 11) is 0. The average Bonchev–Trinajstić information content (AvgIpc) is 2.71. The summed E-state index contributed by atoms with van der Waals surface area (Å²) < 4.78 is 5.11. The Morgan fingerprint density at radius 1 is 1.07 bits per heavy atom. The number of ether oxygens (including phenoxy) is 1. The Balaban J connectivity index is 1.36. The van der Waals surface area contributed by atoms with E-state index in [1.807, 2.05) is 42.5 Å². The van der Waals surface area contributed by atoms with E-state index in [1.54, 1.807) is 0 Å². The lowest BCUT2D eigenvalue weighted by Gasteiger charge is -2.40. The number of alkyl carbamates (subject to hydrolysis) is 1. The SMILES string of the molecule is O=C(CN1CCc2cccc3c2C1CCC3=O)NC(=O)OCc1ccccc1. The van der Waals surface area contributed by atoms with Crippen molar-refractivity contribution in [1.82, 2.24) is 10.2 Å². The fraction of sp³-hybridized carbons (Fsp3) is 0.318. The van der Waals surface area contributed by atoms with Gasteiger partial charge in [0.2, 0.25) is 5.91 Å². The second-order valence-electron chi connectivity index (χ2n) is 7.19. The van der Waals surface area contributed by atoms with Crippen molar-refractivity contribution in [2.45, 2.75) is 31.9 Å². The molecule has 6 nitrogen and oxygen atoms in total. The van der Waals surface area contributed by atoms with Gasteiger partial charge in [-0.2, -0.15) is 0 Å². The van der Waals surface area contributed by atoms with Gasteiger partial charge < -0.3 is 4.74 Å². The van der Waals surface area contributed by atoms with Gasteiger partial charge in [-0.05, 0) is 29.5 Å². The van der Waals surface area contributed by atoms with Gasteiger partial charge in [-0.15, -0.1) is 0 Å². The first-order chi connectivity index (χ1) is 13.6. The number of rotatable bonds is 4. The number of amides is 2. The molecule has 0 saturated carbocycles. The second-order valence-corrected chi connectivity index (χ2v) is 7.19. The number of ketones is 1. The highest BCUT2D eigenvalue weighted by atomic mass is 16.5. The zero-order valence-electron chi connectivity index (χ0n) is 15.5. The van der Waals surface area contributed by atoms with Crippen molar-refractivity contribution in [2.24, 2.45) is 0 Å². The fourth-order valence-corrected chi connectivity index (χ4v) is 4.09. The number of benzene rings is 2. The van der Waals surface area contributed by atoms with E-state index in [0.29, 0.717) is 12.8 Å². The van der Waals surface area contributed by atoms with E-state index in [4.69, 9.17) is 4.74 Å². The molecule has 1 atom stereocenters. The number of hydrogen-bond acceptors (Lipinski definition) is 5. The van der Waals surface area contributed by atoms with E-state index in [0.717, 1.165) is 29.7 Å². The number of Topliss-reactive ketones (excluding diaryl/α,β-unsaturated/α-hetero) is 1. The minimum absolute atomic E-state index is 0.0451. The van der Waals surface area contributed by atoms with Crippen LogP contribution in [0.3, 0.4) is 0 Å². The van der Waals surface area contributed by atoms with Crippen molar-refractivity contribution in [3.8, 4) is 0 Å². The highest BCUT2D eigenvalue weighted by molar-refractivity contribution is 5.99. The van der Waals surface area contributed by atoms with Crippen LogP contribution in [0.25, 0.3) is 0 Å². The number of nitrogens with zero attached hydrogens (tertiary/aromatic N) is 1. The average molecular weight is 378 g/mol. The summed E-state index contributed by atoms with van der Waals surface area (Å²) in [5, 5.41) is 2.30. The smallest absolute Gasteiger partial charge is 0.414 e. The fourth-order valence-electron chi connectivity index (χ4n) is 4.09. The molecule has 2 aromatic carbocycles. The lowest BCUT2D eigenvalue weighted by molar-refractivity contribution is -0.122. The molecular formula is C22H22N2O4. The number of nitrogens with one attached hydrogen (secondary N) is 1. The molecule has 2 amide bonds. The molecule has 1 aliphatic heterocycles. The number of carbonyl (C=O) groups is 3. The Morgan fingerprint density at radius 2 is 1.89 bits per heavy atom. The van der Waals surface area contributed by atoms with Crippen LogP contribution in [0, 0.1) is 0 Å². The van der Waals surface area contributed by atoms with E-state index in [1.165, 1.54) is 5.56 Å². The lowest BCUT2D eigenvalue weighted by atomic mass is 9.80. The van der Waals surface area contributed by atoms with Gasteiger partial charge in [0, 0.05) is 24.6 Å². The molecular weight excluding hydrogens is 356 g/mol. The minimum Gasteiger partial charge on any atom is -0.444 e. The van der Waals surface area contributed by atoms with Crippen LogP contribution in [0.4, 0.5) is 4.79 Å². The Hall–Kier alpha value is -2.99. The molecule has 0 fully saturated rings. The summed E-state index contributed by atoms with van der Waals surface area (Å²) in [5.41, 5.74) is 3.89. The molecule has 1 heterocycles. The molecule has 2 aliphatic rings. The second kappa shape index (κ2) is 7.94. The summed E-state index contributed by atoms with van der Waals surface area (Å²) in [4.78, 5) is 38.5. The van der Waals surface area contributed by atoms with E-state index < -0.39 is 12.0 Å². The molecule has 4 rings (SSSR count). The molecule has 1 unspecified atom stereocenters. The van der Waals surface area contributed by atoms with E-state index >= 15 is 0 Å². The topological polar surface area (TPSA) is 75.7 Å². The van der Waals surface area contributed by atoms with Crippen LogP contribution in [0.2, 0.25) is 0 Å². The zero-order valence-corrected chi connectivity index (χ0v) is 15.5. The third-order valence-electron chi connectivity index (χ3n) is 5.38. The van der Waals surface area contributed by atoms with Crippen molar-refractivity contribution < 1.29 is 19.1 Å². The normalized spacial score (nSPS) is 18.3. The molecule has 2 aromatic rings. The summed E-state index contributed by atoms with van der Waals surface area (Å²) in [6.07, 6.45) is 1.23. The molecule has 144 valence electrons. The van der Waals surface area contributed by atoms with Crippen molar-refractivity contribution in [2.75, 3.05) is 13.1 Å². The van der Waals surface area contributed by atoms with Gasteiger partial charge >= 0.3 is 6.09 Å². The molecule has 28 heavy (non-hydrogen) atoms. The maximum atomic E-state index is 12.4. The predicted octanol–water partition coefficient (Wildman–Crippen LogP) is 3.02. The standard InChI is InChI=1S/C22H22N2O4/c25-19-10-9-18-21-16(7-4-8-17(19)21)11-12-24(18)13-20(26)23-22(27)28-14-15-5-2-1-3-6-15/h1-8,18H,9-14H2,(H,23,26,27). The van der Waals surface area contributed by atoms with Crippen LogP contribution < -0.4 is 5.32 Å². The lowest BCUT2D eigenvalue weighted by Crippen LogP contribution is -2.45. The van der Waals surface area contributed by atoms with E-state index in [-0.39, 0.29) is 25.0 Å². The van der Waals surface area contributed by atoms with Gasteiger partial charge in [-0.3, -0.25) is 19.8 Å².